The molecule has 0 aliphatic heterocycles. The summed E-state index contributed by atoms with van der Waals surface area (Å²) in [5.74, 6) is 0. The Morgan fingerprint density at radius 2 is 1.56 bits per heavy atom. The predicted octanol–water partition coefficient (Wildman–Crippen LogP) is 3.75. The van der Waals surface area contributed by atoms with Gasteiger partial charge < -0.3 is 10.1 Å². The molecule has 0 bridgehead atoms. The van der Waals surface area contributed by atoms with Crippen LogP contribution in [0.25, 0.3) is 0 Å². The van der Waals surface area contributed by atoms with Gasteiger partial charge in [0.05, 0.1) is 0 Å². The molecule has 0 radical (unpaired) electrons. The molecular formula is C14H31NO. The lowest BCUT2D eigenvalue weighted by atomic mass is 10.1. The topological polar surface area (TPSA) is 21.3 Å². The maximum Gasteiger partial charge on any atom is 0.0476 e. The lowest BCUT2D eigenvalue weighted by Crippen LogP contribution is -2.35. The van der Waals surface area contributed by atoms with Gasteiger partial charge in [-0.3, -0.25) is 0 Å². The molecular weight excluding hydrogens is 198 g/mol. The molecule has 1 N–H and O–H groups in total. The van der Waals surface area contributed by atoms with Crippen LogP contribution in [0, 0.1) is 0 Å². The van der Waals surface area contributed by atoms with Crippen LogP contribution in [-0.4, -0.2) is 25.8 Å². The minimum Gasteiger partial charge on any atom is -0.385 e. The first-order valence-corrected chi connectivity index (χ1v) is 6.95. The van der Waals surface area contributed by atoms with E-state index in [1.807, 2.05) is 0 Å². The van der Waals surface area contributed by atoms with E-state index in [-0.39, 0.29) is 0 Å². The van der Waals surface area contributed by atoms with Gasteiger partial charge in [0.15, 0.2) is 0 Å². The molecule has 2 atom stereocenters. The SMILES string of the molecule is CCCCCCCC(C)NC(C)CCOC. The number of methoxy groups -OCH3 is 1. The molecule has 0 aromatic rings. The summed E-state index contributed by atoms with van der Waals surface area (Å²) < 4.78 is 5.08. The van der Waals surface area contributed by atoms with E-state index in [4.69, 9.17) is 4.74 Å². The van der Waals surface area contributed by atoms with Gasteiger partial charge >= 0.3 is 0 Å². The van der Waals surface area contributed by atoms with Crippen molar-refractivity contribution in [3.05, 3.63) is 0 Å². The van der Waals surface area contributed by atoms with Crippen LogP contribution in [0.4, 0.5) is 0 Å². The fourth-order valence-corrected chi connectivity index (χ4v) is 2.00. The highest BCUT2D eigenvalue weighted by Crippen LogP contribution is 2.07. The Morgan fingerprint density at radius 3 is 2.19 bits per heavy atom. The number of unbranched alkanes of at least 4 members (excludes halogenated alkanes) is 4. The zero-order chi connectivity index (χ0) is 12.2. The van der Waals surface area contributed by atoms with Gasteiger partial charge in [-0.25, -0.2) is 0 Å². The first kappa shape index (κ1) is 15.9. The summed E-state index contributed by atoms with van der Waals surface area (Å²) in [7, 11) is 1.77. The van der Waals surface area contributed by atoms with Gasteiger partial charge in [0.1, 0.15) is 0 Å². The van der Waals surface area contributed by atoms with Crippen molar-refractivity contribution in [2.45, 2.75) is 77.8 Å². The summed E-state index contributed by atoms with van der Waals surface area (Å²) >= 11 is 0. The fourth-order valence-electron chi connectivity index (χ4n) is 2.00. The molecule has 98 valence electrons. The van der Waals surface area contributed by atoms with E-state index in [0.29, 0.717) is 12.1 Å². The van der Waals surface area contributed by atoms with Crippen LogP contribution < -0.4 is 5.32 Å². The second kappa shape index (κ2) is 11.4. The average Bonchev–Trinajstić information content (AvgIpc) is 2.26. The molecule has 0 aliphatic carbocycles. The Hall–Kier alpha value is -0.0800. The largest absolute Gasteiger partial charge is 0.385 e. The van der Waals surface area contributed by atoms with Crippen LogP contribution in [0.1, 0.15) is 65.7 Å². The number of hydrogen-bond donors (Lipinski definition) is 1. The number of rotatable bonds is 11. The van der Waals surface area contributed by atoms with E-state index in [2.05, 4.69) is 26.1 Å². The van der Waals surface area contributed by atoms with Crippen molar-refractivity contribution in [3.63, 3.8) is 0 Å². The second-order valence-corrected chi connectivity index (χ2v) is 4.95. The van der Waals surface area contributed by atoms with Crippen LogP contribution in [0.2, 0.25) is 0 Å². The summed E-state index contributed by atoms with van der Waals surface area (Å²) in [6.45, 7) is 7.66. The zero-order valence-electron chi connectivity index (χ0n) is 11.7. The van der Waals surface area contributed by atoms with Gasteiger partial charge in [0.25, 0.3) is 0 Å². The van der Waals surface area contributed by atoms with Gasteiger partial charge in [-0.15, -0.1) is 0 Å². The first-order chi connectivity index (χ1) is 7.70. The Morgan fingerprint density at radius 1 is 0.938 bits per heavy atom. The Labute approximate surface area is 102 Å². The normalized spacial score (nSPS) is 15.0. The van der Waals surface area contributed by atoms with Gasteiger partial charge in [-0.2, -0.15) is 0 Å². The summed E-state index contributed by atoms with van der Waals surface area (Å²) in [5, 5.41) is 3.63. The molecule has 2 nitrogen and oxygen atoms in total. The molecule has 0 rings (SSSR count). The van der Waals surface area contributed by atoms with Crippen LogP contribution in [0.15, 0.2) is 0 Å². The van der Waals surface area contributed by atoms with Crippen molar-refractivity contribution in [1.82, 2.24) is 5.32 Å². The smallest absolute Gasteiger partial charge is 0.0476 e. The average molecular weight is 229 g/mol. The maximum atomic E-state index is 5.08. The van der Waals surface area contributed by atoms with Crippen LogP contribution >= 0.6 is 0 Å². The molecule has 0 aliphatic rings. The maximum absolute atomic E-state index is 5.08. The van der Waals surface area contributed by atoms with Crippen molar-refractivity contribution in [3.8, 4) is 0 Å². The van der Waals surface area contributed by atoms with Crippen LogP contribution in [0.3, 0.4) is 0 Å². The quantitative estimate of drug-likeness (QED) is 0.545. The Balaban J connectivity index is 3.32. The number of hydrogen-bond acceptors (Lipinski definition) is 2. The monoisotopic (exact) mass is 229 g/mol. The number of nitrogens with one attached hydrogen (secondary N) is 1. The highest BCUT2D eigenvalue weighted by atomic mass is 16.5. The first-order valence-electron chi connectivity index (χ1n) is 6.95. The molecule has 16 heavy (non-hydrogen) atoms. The summed E-state index contributed by atoms with van der Waals surface area (Å²) in [6, 6.07) is 1.22. The molecule has 0 saturated carbocycles. The lowest BCUT2D eigenvalue weighted by Gasteiger charge is -2.19. The van der Waals surface area contributed by atoms with Gasteiger partial charge in [0.2, 0.25) is 0 Å². The minimum absolute atomic E-state index is 0.575. The van der Waals surface area contributed by atoms with E-state index in [1.165, 1.54) is 38.5 Å². The van der Waals surface area contributed by atoms with E-state index >= 15 is 0 Å². The lowest BCUT2D eigenvalue weighted by molar-refractivity contribution is 0.182. The van der Waals surface area contributed by atoms with Gasteiger partial charge in [0, 0.05) is 25.8 Å². The van der Waals surface area contributed by atoms with Crippen LogP contribution in [0.5, 0.6) is 0 Å². The molecule has 0 fully saturated rings. The molecule has 2 unspecified atom stereocenters. The van der Waals surface area contributed by atoms with E-state index < -0.39 is 0 Å². The Bertz CT molecular complexity index is 139. The van der Waals surface area contributed by atoms with Crippen LogP contribution in [-0.2, 0) is 4.74 Å². The second-order valence-electron chi connectivity index (χ2n) is 4.95. The van der Waals surface area contributed by atoms with E-state index in [0.717, 1.165) is 13.0 Å². The van der Waals surface area contributed by atoms with Crippen molar-refractivity contribution in [2.75, 3.05) is 13.7 Å². The third-order valence-electron chi connectivity index (χ3n) is 3.06. The summed E-state index contributed by atoms with van der Waals surface area (Å²) in [6.07, 6.45) is 9.31. The molecule has 2 heteroatoms. The van der Waals surface area contributed by atoms with Crippen molar-refractivity contribution in [2.24, 2.45) is 0 Å². The molecule has 0 spiro atoms. The predicted molar refractivity (Wildman–Crippen MR) is 71.9 cm³/mol. The standard InChI is InChI=1S/C14H31NO/c1-5-6-7-8-9-10-13(2)15-14(3)11-12-16-4/h13-15H,5-12H2,1-4H3. The van der Waals surface area contributed by atoms with Gasteiger partial charge in [-0.1, -0.05) is 39.0 Å². The van der Waals surface area contributed by atoms with E-state index in [9.17, 15) is 0 Å². The van der Waals surface area contributed by atoms with Crippen molar-refractivity contribution in [1.29, 1.82) is 0 Å². The fraction of sp³-hybridized carbons (Fsp3) is 1.00. The molecule has 0 aromatic carbocycles. The molecule has 0 aromatic heterocycles. The minimum atomic E-state index is 0.575. The summed E-state index contributed by atoms with van der Waals surface area (Å²) in [4.78, 5) is 0. The highest BCUT2D eigenvalue weighted by Gasteiger charge is 2.06. The third kappa shape index (κ3) is 10.4. The highest BCUT2D eigenvalue weighted by molar-refractivity contribution is 4.67. The molecule has 0 saturated heterocycles. The number of ether oxygens (including phenoxy) is 1. The van der Waals surface area contributed by atoms with Gasteiger partial charge in [-0.05, 0) is 26.7 Å². The molecule has 0 heterocycles. The van der Waals surface area contributed by atoms with E-state index in [1.54, 1.807) is 7.11 Å². The summed E-state index contributed by atoms with van der Waals surface area (Å²) in [5.41, 5.74) is 0. The van der Waals surface area contributed by atoms with Crippen molar-refractivity contribution >= 4 is 0 Å². The molecule has 0 amide bonds. The zero-order valence-corrected chi connectivity index (χ0v) is 11.7. The van der Waals surface area contributed by atoms with Crippen molar-refractivity contribution < 1.29 is 4.74 Å². The Kier molecular flexibility index (Phi) is 11.3. The third-order valence-corrected chi connectivity index (χ3v) is 3.06.